The summed E-state index contributed by atoms with van der Waals surface area (Å²) >= 11 is 0. The number of ether oxygens (including phenoxy) is 1. The zero-order valence-corrected chi connectivity index (χ0v) is 18.6. The van der Waals surface area contributed by atoms with Gasteiger partial charge in [-0.25, -0.2) is 23.9 Å². The van der Waals surface area contributed by atoms with Gasteiger partial charge in [0.15, 0.2) is 6.10 Å². The number of rotatable bonds is 9. The van der Waals surface area contributed by atoms with Crippen LogP contribution in [0.4, 0.5) is 13.6 Å². The molecule has 0 spiro atoms. The molecule has 3 aliphatic carbocycles. The van der Waals surface area contributed by atoms with Gasteiger partial charge in [0.1, 0.15) is 12.5 Å². The Hall–Kier alpha value is -3.53. The van der Waals surface area contributed by atoms with Crippen molar-refractivity contribution in [3.63, 3.8) is 0 Å². The van der Waals surface area contributed by atoms with Crippen LogP contribution in [0.15, 0.2) is 48.5 Å². The van der Waals surface area contributed by atoms with Crippen molar-refractivity contribution < 1.29 is 37.8 Å². The van der Waals surface area contributed by atoms with Crippen LogP contribution in [0, 0.1) is 17.8 Å². The second-order valence-corrected chi connectivity index (χ2v) is 9.15. The van der Waals surface area contributed by atoms with Gasteiger partial charge in [0.2, 0.25) is 0 Å². The molecule has 5 rings (SSSR count). The molecule has 3 unspecified atom stereocenters. The monoisotopic (exact) mass is 486 g/mol. The molecule has 2 amide bonds. The van der Waals surface area contributed by atoms with Gasteiger partial charge in [0, 0.05) is 12.5 Å². The molecule has 3 atom stereocenters. The van der Waals surface area contributed by atoms with Crippen LogP contribution < -0.4 is 10.8 Å². The van der Waals surface area contributed by atoms with E-state index in [1.54, 1.807) is 0 Å². The van der Waals surface area contributed by atoms with Crippen LogP contribution in [0.25, 0.3) is 11.1 Å². The van der Waals surface area contributed by atoms with Crippen molar-refractivity contribution in [1.29, 1.82) is 0 Å². The Labute approximate surface area is 199 Å². The SMILES string of the molecule is O=C(NCC1C(C(=O)NOC(C(=O)O)C2CC2)C1(F)F)OCC1c2ccccc2-c2ccccc21. The highest BCUT2D eigenvalue weighted by Gasteiger charge is 2.72. The van der Waals surface area contributed by atoms with Crippen molar-refractivity contribution in [3.8, 4) is 11.1 Å². The average molecular weight is 486 g/mol. The van der Waals surface area contributed by atoms with E-state index >= 15 is 0 Å². The minimum absolute atomic E-state index is 0.0381. The molecule has 3 N–H and O–H groups in total. The number of carboxylic acid groups (broad SMARTS) is 1. The molecule has 10 heteroatoms. The Balaban J connectivity index is 1.12. The van der Waals surface area contributed by atoms with Crippen molar-refractivity contribution in [1.82, 2.24) is 10.8 Å². The molecule has 8 nitrogen and oxygen atoms in total. The van der Waals surface area contributed by atoms with Crippen LogP contribution in [0.1, 0.15) is 29.9 Å². The molecule has 2 aromatic carbocycles. The maximum atomic E-state index is 14.2. The summed E-state index contributed by atoms with van der Waals surface area (Å²) in [5, 5.41) is 11.4. The molecular formula is C25H24F2N2O6. The first kappa shape index (κ1) is 23.2. The van der Waals surface area contributed by atoms with Gasteiger partial charge >= 0.3 is 12.1 Å². The summed E-state index contributed by atoms with van der Waals surface area (Å²) in [7, 11) is 0. The molecule has 184 valence electrons. The molecule has 0 aromatic heterocycles. The zero-order chi connectivity index (χ0) is 24.7. The summed E-state index contributed by atoms with van der Waals surface area (Å²) in [6.45, 7) is -0.427. The van der Waals surface area contributed by atoms with E-state index in [0.29, 0.717) is 12.8 Å². The topological polar surface area (TPSA) is 114 Å². The number of halogens is 2. The Morgan fingerprint density at radius 3 is 2.20 bits per heavy atom. The summed E-state index contributed by atoms with van der Waals surface area (Å²) in [6.07, 6.45) is -0.841. The highest BCUT2D eigenvalue weighted by atomic mass is 19.3. The fourth-order valence-electron chi connectivity index (χ4n) is 4.78. The van der Waals surface area contributed by atoms with E-state index in [0.717, 1.165) is 22.3 Å². The van der Waals surface area contributed by atoms with Crippen LogP contribution in [0.5, 0.6) is 0 Å². The molecule has 0 radical (unpaired) electrons. The third-order valence-corrected chi connectivity index (χ3v) is 6.87. The molecule has 35 heavy (non-hydrogen) atoms. The van der Waals surface area contributed by atoms with Gasteiger partial charge in [-0.3, -0.25) is 9.63 Å². The second kappa shape index (κ2) is 8.92. The predicted molar refractivity (Wildman–Crippen MR) is 118 cm³/mol. The van der Waals surface area contributed by atoms with E-state index in [-0.39, 0.29) is 18.4 Å². The highest BCUT2D eigenvalue weighted by Crippen LogP contribution is 2.55. The first-order valence-electron chi connectivity index (χ1n) is 11.4. The number of hydroxylamine groups is 1. The lowest BCUT2D eigenvalue weighted by atomic mass is 9.98. The van der Waals surface area contributed by atoms with Crippen molar-refractivity contribution in [2.24, 2.45) is 17.8 Å². The number of benzene rings is 2. The normalized spacial score (nSPS) is 22.5. The number of carboxylic acids is 1. The third-order valence-electron chi connectivity index (χ3n) is 6.87. The number of hydrogen-bond acceptors (Lipinski definition) is 5. The van der Waals surface area contributed by atoms with Crippen molar-refractivity contribution in [3.05, 3.63) is 59.7 Å². The highest BCUT2D eigenvalue weighted by molar-refractivity contribution is 5.83. The van der Waals surface area contributed by atoms with Gasteiger partial charge in [-0.2, -0.15) is 0 Å². The summed E-state index contributed by atoms with van der Waals surface area (Å²) < 4.78 is 33.6. The van der Waals surface area contributed by atoms with E-state index in [9.17, 15) is 23.2 Å². The maximum absolute atomic E-state index is 14.2. The molecule has 0 saturated heterocycles. The number of carbonyl (C=O) groups is 3. The van der Waals surface area contributed by atoms with Gasteiger partial charge in [0.05, 0.1) is 5.92 Å². The van der Waals surface area contributed by atoms with Gasteiger partial charge < -0.3 is 15.2 Å². The van der Waals surface area contributed by atoms with Crippen LogP contribution >= 0.6 is 0 Å². The largest absolute Gasteiger partial charge is 0.479 e. The molecule has 2 aromatic rings. The molecule has 3 aliphatic rings. The maximum Gasteiger partial charge on any atom is 0.407 e. The second-order valence-electron chi connectivity index (χ2n) is 9.15. The van der Waals surface area contributed by atoms with Crippen LogP contribution in [0.2, 0.25) is 0 Å². The van der Waals surface area contributed by atoms with Crippen molar-refractivity contribution in [2.45, 2.75) is 30.8 Å². The van der Waals surface area contributed by atoms with Gasteiger partial charge in [-0.05, 0) is 41.0 Å². The number of amides is 2. The van der Waals surface area contributed by atoms with E-state index in [1.165, 1.54) is 0 Å². The van der Waals surface area contributed by atoms with E-state index in [2.05, 4.69) is 5.32 Å². The van der Waals surface area contributed by atoms with Gasteiger partial charge in [-0.15, -0.1) is 0 Å². The Morgan fingerprint density at radius 1 is 1.03 bits per heavy atom. The lowest BCUT2D eigenvalue weighted by Gasteiger charge is -2.14. The Bertz CT molecular complexity index is 1120. The quantitative estimate of drug-likeness (QED) is 0.469. The summed E-state index contributed by atoms with van der Waals surface area (Å²) in [6, 6.07) is 15.6. The number of aliphatic carboxylic acids is 1. The van der Waals surface area contributed by atoms with E-state index < -0.39 is 48.4 Å². The fourth-order valence-corrected chi connectivity index (χ4v) is 4.78. The molecule has 0 aliphatic heterocycles. The van der Waals surface area contributed by atoms with Crippen molar-refractivity contribution in [2.75, 3.05) is 13.2 Å². The summed E-state index contributed by atoms with van der Waals surface area (Å²) in [4.78, 5) is 40.4. The minimum Gasteiger partial charge on any atom is -0.479 e. The Kier molecular flexibility index (Phi) is 5.92. The van der Waals surface area contributed by atoms with Gasteiger partial charge in [0.25, 0.3) is 11.8 Å². The molecule has 2 fully saturated rings. The zero-order valence-electron chi connectivity index (χ0n) is 18.6. The van der Waals surface area contributed by atoms with E-state index in [1.807, 2.05) is 54.0 Å². The number of alkyl halides is 2. The standard InChI is InChI=1S/C25H24F2N2O6/c26-25(27)19(20(25)22(30)29-35-21(23(31)32)13-9-10-13)11-28-24(33)34-12-18-16-7-3-1-5-14(16)15-6-2-4-8-17(15)18/h1-8,13,18-21H,9-12H2,(H,28,33)(H,29,30)(H,31,32). The van der Waals surface area contributed by atoms with Crippen LogP contribution in [-0.4, -0.2) is 48.3 Å². The number of hydrogen-bond donors (Lipinski definition) is 3. The number of fused-ring (bicyclic) bond motifs is 3. The molecule has 0 bridgehead atoms. The lowest BCUT2D eigenvalue weighted by Crippen LogP contribution is -2.37. The number of alkyl carbamates (subject to hydrolysis) is 1. The fraction of sp³-hybridized carbons (Fsp3) is 0.400. The predicted octanol–water partition coefficient (Wildman–Crippen LogP) is 3.32. The molecular weight excluding hydrogens is 462 g/mol. The van der Waals surface area contributed by atoms with Gasteiger partial charge in [-0.1, -0.05) is 48.5 Å². The van der Waals surface area contributed by atoms with Crippen LogP contribution in [-0.2, 0) is 19.2 Å². The minimum atomic E-state index is -3.34. The van der Waals surface area contributed by atoms with Crippen LogP contribution in [0.3, 0.4) is 0 Å². The van der Waals surface area contributed by atoms with E-state index in [4.69, 9.17) is 14.7 Å². The molecule has 2 saturated carbocycles. The molecule has 0 heterocycles. The van der Waals surface area contributed by atoms with Crippen molar-refractivity contribution >= 4 is 18.0 Å². The summed E-state index contributed by atoms with van der Waals surface area (Å²) in [5.74, 6) is -9.27. The summed E-state index contributed by atoms with van der Waals surface area (Å²) in [5.41, 5.74) is 6.04. The number of carbonyl (C=O) groups excluding carboxylic acids is 2. The first-order valence-corrected chi connectivity index (χ1v) is 11.4. The third kappa shape index (κ3) is 4.45. The first-order chi connectivity index (χ1) is 16.8. The lowest BCUT2D eigenvalue weighted by molar-refractivity contribution is -0.163. The Morgan fingerprint density at radius 2 is 1.63 bits per heavy atom. The smallest absolute Gasteiger partial charge is 0.407 e. The number of nitrogens with one attached hydrogen (secondary N) is 2. The average Bonchev–Trinajstić information content (AvgIpc) is 3.73.